The van der Waals surface area contributed by atoms with Gasteiger partial charge in [-0.05, 0) is 23.3 Å². The van der Waals surface area contributed by atoms with E-state index in [1.807, 2.05) is 18.2 Å². The highest BCUT2D eigenvalue weighted by Gasteiger charge is 2.13. The molecule has 0 fully saturated rings. The van der Waals surface area contributed by atoms with Crippen LogP contribution < -0.4 is 0 Å². The lowest BCUT2D eigenvalue weighted by atomic mass is 10.2. The second-order valence-corrected chi connectivity index (χ2v) is 6.78. The summed E-state index contributed by atoms with van der Waals surface area (Å²) >= 11 is 3.18. The van der Waals surface area contributed by atoms with Gasteiger partial charge in [-0.25, -0.2) is 4.39 Å². The molecule has 0 saturated heterocycles. The van der Waals surface area contributed by atoms with Gasteiger partial charge >= 0.3 is 0 Å². The van der Waals surface area contributed by atoms with Crippen molar-refractivity contribution in [1.82, 2.24) is 14.6 Å². The Kier molecular flexibility index (Phi) is 3.85. The first kappa shape index (κ1) is 14.4. The van der Waals surface area contributed by atoms with E-state index >= 15 is 0 Å². The molecule has 23 heavy (non-hydrogen) atoms. The molecule has 0 atom stereocenters. The van der Waals surface area contributed by atoms with Crippen molar-refractivity contribution in [2.24, 2.45) is 0 Å². The van der Waals surface area contributed by atoms with Gasteiger partial charge < -0.3 is 0 Å². The average molecular weight is 341 g/mol. The molecule has 0 N–H and O–H groups in total. The van der Waals surface area contributed by atoms with Crippen molar-refractivity contribution < 1.29 is 4.39 Å². The van der Waals surface area contributed by atoms with Gasteiger partial charge in [0, 0.05) is 11.1 Å². The van der Waals surface area contributed by atoms with E-state index in [-0.39, 0.29) is 5.82 Å². The van der Waals surface area contributed by atoms with Crippen molar-refractivity contribution in [3.05, 3.63) is 71.4 Å². The summed E-state index contributed by atoms with van der Waals surface area (Å²) in [6, 6.07) is 16.8. The van der Waals surface area contributed by atoms with E-state index in [4.69, 9.17) is 0 Å². The van der Waals surface area contributed by atoms with E-state index < -0.39 is 0 Å². The fourth-order valence-electron chi connectivity index (χ4n) is 2.33. The lowest BCUT2D eigenvalue weighted by Crippen LogP contribution is -1.90. The molecule has 0 bridgehead atoms. The third-order valence-corrected chi connectivity index (χ3v) is 5.29. The van der Waals surface area contributed by atoms with Crippen molar-refractivity contribution in [3.8, 4) is 11.3 Å². The molecule has 4 aromatic rings. The Balaban J connectivity index is 1.65. The van der Waals surface area contributed by atoms with Gasteiger partial charge in [0.05, 0.1) is 5.69 Å². The third kappa shape index (κ3) is 2.87. The maximum Gasteiger partial charge on any atom is 0.217 e. The van der Waals surface area contributed by atoms with Crippen LogP contribution in [0.5, 0.6) is 0 Å². The normalized spacial score (nSPS) is 11.2. The maximum atomic E-state index is 13.0. The van der Waals surface area contributed by atoms with Crippen LogP contribution in [0.2, 0.25) is 0 Å². The van der Waals surface area contributed by atoms with Gasteiger partial charge in [-0.15, -0.1) is 21.5 Å². The number of hydrogen-bond donors (Lipinski definition) is 0. The van der Waals surface area contributed by atoms with Crippen LogP contribution in [0.15, 0.2) is 65.1 Å². The number of nitrogens with zero attached hydrogens (tertiary/aromatic N) is 3. The van der Waals surface area contributed by atoms with Gasteiger partial charge in [-0.2, -0.15) is 0 Å². The van der Waals surface area contributed by atoms with Crippen LogP contribution in [-0.2, 0) is 5.75 Å². The number of thioether (sulfide) groups is 1. The Morgan fingerprint density at radius 1 is 1.00 bits per heavy atom. The molecule has 2 aromatic heterocycles. The zero-order valence-corrected chi connectivity index (χ0v) is 13.6. The van der Waals surface area contributed by atoms with Crippen molar-refractivity contribution in [2.75, 3.05) is 0 Å². The Bertz CT molecular complexity index is 930. The van der Waals surface area contributed by atoms with Gasteiger partial charge in [0.15, 0.2) is 5.16 Å². The first-order chi connectivity index (χ1) is 11.3. The first-order valence-corrected chi connectivity index (χ1v) is 8.93. The summed E-state index contributed by atoms with van der Waals surface area (Å²) in [4.78, 5) is 0.880. The fourth-order valence-corrected chi connectivity index (χ4v) is 4.12. The molecule has 6 heteroatoms. The van der Waals surface area contributed by atoms with Crippen molar-refractivity contribution >= 4 is 28.1 Å². The standard InChI is InChI=1S/C17H12FN3S2/c18-14-8-6-12(7-9-14)10-22-16-19-20-17-21(16)15(11-23-17)13-4-2-1-3-5-13/h1-9,11H,10H2. The summed E-state index contributed by atoms with van der Waals surface area (Å²) in [6.07, 6.45) is 0. The van der Waals surface area contributed by atoms with E-state index in [1.54, 1.807) is 35.2 Å². The average Bonchev–Trinajstić information content (AvgIpc) is 3.17. The number of benzene rings is 2. The molecule has 2 aromatic carbocycles. The molecule has 0 unspecified atom stereocenters. The minimum atomic E-state index is -0.215. The number of thiazole rings is 1. The minimum Gasteiger partial charge on any atom is -0.260 e. The molecule has 0 aliphatic carbocycles. The first-order valence-electron chi connectivity index (χ1n) is 7.06. The summed E-state index contributed by atoms with van der Waals surface area (Å²) in [6.45, 7) is 0. The maximum absolute atomic E-state index is 13.0. The van der Waals surface area contributed by atoms with Crippen molar-refractivity contribution in [1.29, 1.82) is 0 Å². The molecule has 114 valence electrons. The number of hydrogen-bond acceptors (Lipinski definition) is 4. The van der Waals surface area contributed by atoms with E-state index in [2.05, 4.69) is 32.1 Å². The topological polar surface area (TPSA) is 30.2 Å². The highest BCUT2D eigenvalue weighted by molar-refractivity contribution is 7.98. The zero-order valence-electron chi connectivity index (χ0n) is 12.0. The zero-order chi connectivity index (χ0) is 15.6. The quantitative estimate of drug-likeness (QED) is 0.495. The van der Waals surface area contributed by atoms with Crippen LogP contribution in [0.1, 0.15) is 5.56 Å². The number of rotatable bonds is 4. The molecule has 0 amide bonds. The van der Waals surface area contributed by atoms with Crippen LogP contribution in [0.3, 0.4) is 0 Å². The van der Waals surface area contributed by atoms with E-state index in [0.717, 1.165) is 32.7 Å². The highest BCUT2D eigenvalue weighted by atomic mass is 32.2. The van der Waals surface area contributed by atoms with Crippen LogP contribution in [0.4, 0.5) is 4.39 Å². The van der Waals surface area contributed by atoms with Crippen molar-refractivity contribution in [3.63, 3.8) is 0 Å². The Morgan fingerprint density at radius 2 is 1.78 bits per heavy atom. The van der Waals surface area contributed by atoms with Crippen LogP contribution in [0, 0.1) is 5.82 Å². The van der Waals surface area contributed by atoms with E-state index in [9.17, 15) is 4.39 Å². The molecule has 0 radical (unpaired) electrons. The number of aromatic nitrogens is 3. The third-order valence-electron chi connectivity index (χ3n) is 3.47. The Hall–Kier alpha value is -2.18. The summed E-state index contributed by atoms with van der Waals surface area (Å²) in [5, 5.41) is 11.5. The van der Waals surface area contributed by atoms with Gasteiger partial charge in [-0.3, -0.25) is 4.40 Å². The molecule has 0 aliphatic heterocycles. The molecule has 0 spiro atoms. The number of fused-ring (bicyclic) bond motifs is 1. The molecular weight excluding hydrogens is 329 g/mol. The summed E-state index contributed by atoms with van der Waals surface area (Å²) in [7, 11) is 0. The smallest absolute Gasteiger partial charge is 0.217 e. The van der Waals surface area contributed by atoms with Crippen molar-refractivity contribution in [2.45, 2.75) is 10.9 Å². The number of halogens is 1. The van der Waals surface area contributed by atoms with Crippen LogP contribution in [-0.4, -0.2) is 14.6 Å². The monoisotopic (exact) mass is 341 g/mol. The molecular formula is C17H12FN3S2. The van der Waals surface area contributed by atoms with Gasteiger partial charge in [0.1, 0.15) is 5.82 Å². The van der Waals surface area contributed by atoms with Gasteiger partial charge in [0.25, 0.3) is 0 Å². The van der Waals surface area contributed by atoms with Crippen LogP contribution in [0.25, 0.3) is 16.2 Å². The minimum absolute atomic E-state index is 0.215. The van der Waals surface area contributed by atoms with E-state index in [1.165, 1.54) is 12.1 Å². The molecule has 2 heterocycles. The predicted molar refractivity (Wildman–Crippen MR) is 92.3 cm³/mol. The fraction of sp³-hybridized carbons (Fsp3) is 0.0588. The summed E-state index contributed by atoms with van der Waals surface area (Å²) < 4.78 is 15.1. The highest BCUT2D eigenvalue weighted by Crippen LogP contribution is 2.30. The lowest BCUT2D eigenvalue weighted by Gasteiger charge is -2.03. The van der Waals surface area contributed by atoms with Crippen LogP contribution >= 0.6 is 23.1 Å². The SMILES string of the molecule is Fc1ccc(CSc2nnc3scc(-c4ccccc4)n23)cc1. The molecule has 0 saturated carbocycles. The summed E-state index contributed by atoms with van der Waals surface area (Å²) in [5.41, 5.74) is 3.30. The Morgan fingerprint density at radius 3 is 2.57 bits per heavy atom. The predicted octanol–water partition coefficient (Wildman–Crippen LogP) is 4.89. The van der Waals surface area contributed by atoms with Gasteiger partial charge in [0.2, 0.25) is 4.96 Å². The second-order valence-electron chi connectivity index (χ2n) is 5.00. The second kappa shape index (κ2) is 6.14. The molecule has 0 aliphatic rings. The van der Waals surface area contributed by atoms with E-state index in [0.29, 0.717) is 0 Å². The Labute approximate surface area is 140 Å². The van der Waals surface area contributed by atoms with Gasteiger partial charge in [-0.1, -0.05) is 54.2 Å². The largest absolute Gasteiger partial charge is 0.260 e. The molecule has 4 rings (SSSR count). The lowest BCUT2D eigenvalue weighted by molar-refractivity contribution is 0.627. The molecule has 3 nitrogen and oxygen atoms in total. The summed E-state index contributed by atoms with van der Waals surface area (Å²) in [5.74, 6) is 0.512.